The van der Waals surface area contributed by atoms with Crippen LogP contribution in [-0.2, 0) is 4.79 Å². The lowest BCUT2D eigenvalue weighted by Gasteiger charge is -2.35. The highest BCUT2D eigenvalue weighted by Crippen LogP contribution is 2.28. The number of amides is 1. The third-order valence-electron chi connectivity index (χ3n) is 4.01. The van der Waals surface area contributed by atoms with Gasteiger partial charge in [0, 0.05) is 6.54 Å². The highest BCUT2D eigenvalue weighted by atomic mass is 16.5. The number of hydrogen-bond donors (Lipinski definition) is 1. The highest BCUT2D eigenvalue weighted by Gasteiger charge is 2.40. The molecule has 1 saturated heterocycles. The molecule has 1 aliphatic rings. The summed E-state index contributed by atoms with van der Waals surface area (Å²) in [5.74, 6) is 0.252. The molecule has 0 spiro atoms. The predicted molar refractivity (Wildman–Crippen MR) is 82.3 cm³/mol. The summed E-state index contributed by atoms with van der Waals surface area (Å²) in [6, 6.07) is 8.71. The molecular weight excluding hydrogens is 280 g/mol. The smallest absolute Gasteiger partial charge is 0.263 e. The molecule has 1 N–H and O–H groups in total. The minimum absolute atomic E-state index is 0.155. The molecule has 0 aliphatic carbocycles. The summed E-state index contributed by atoms with van der Waals surface area (Å²) in [5, 5.41) is 19.3. The Balaban J connectivity index is 2.11. The number of ether oxygens (including phenoxy) is 1. The fourth-order valence-corrected chi connectivity index (χ4v) is 2.90. The van der Waals surface area contributed by atoms with Crippen LogP contribution in [0, 0.1) is 11.3 Å². The summed E-state index contributed by atoms with van der Waals surface area (Å²) in [6.45, 7) is 5.75. The Bertz CT molecular complexity index is 586. The van der Waals surface area contributed by atoms with E-state index in [-0.39, 0.29) is 11.9 Å². The van der Waals surface area contributed by atoms with E-state index in [0.717, 1.165) is 12.8 Å². The van der Waals surface area contributed by atoms with Gasteiger partial charge in [0.1, 0.15) is 11.8 Å². The van der Waals surface area contributed by atoms with Gasteiger partial charge in [-0.1, -0.05) is 12.1 Å². The van der Waals surface area contributed by atoms with Crippen LogP contribution in [-0.4, -0.2) is 40.2 Å². The van der Waals surface area contributed by atoms with Crippen molar-refractivity contribution >= 4 is 5.91 Å². The number of hydrogen-bond acceptors (Lipinski definition) is 4. The van der Waals surface area contributed by atoms with Gasteiger partial charge in [0.2, 0.25) is 0 Å². The minimum Gasteiger partial charge on any atom is -0.480 e. The zero-order valence-corrected chi connectivity index (χ0v) is 13.2. The Morgan fingerprint density at radius 3 is 2.82 bits per heavy atom. The Labute approximate surface area is 131 Å². The van der Waals surface area contributed by atoms with Crippen LogP contribution < -0.4 is 4.74 Å². The molecule has 22 heavy (non-hydrogen) atoms. The molecule has 1 fully saturated rings. The molecule has 0 radical (unpaired) electrons. The molecule has 1 heterocycles. The second-order valence-electron chi connectivity index (χ2n) is 6.21. The van der Waals surface area contributed by atoms with Crippen molar-refractivity contribution in [3.8, 4) is 11.8 Å². The third kappa shape index (κ3) is 3.40. The van der Waals surface area contributed by atoms with Gasteiger partial charge < -0.3 is 14.7 Å². The second-order valence-corrected chi connectivity index (χ2v) is 6.21. The first kappa shape index (κ1) is 16.3. The lowest BCUT2D eigenvalue weighted by atomic mass is 9.96. The first-order valence-corrected chi connectivity index (χ1v) is 7.53. The minimum atomic E-state index is -0.934. The van der Waals surface area contributed by atoms with Crippen molar-refractivity contribution in [3.05, 3.63) is 29.8 Å². The van der Waals surface area contributed by atoms with E-state index in [1.807, 2.05) is 0 Å². The van der Waals surface area contributed by atoms with Gasteiger partial charge in [-0.2, -0.15) is 5.26 Å². The topological polar surface area (TPSA) is 73.6 Å². The summed E-state index contributed by atoms with van der Waals surface area (Å²) in [7, 11) is 0. The molecule has 1 aliphatic heterocycles. The maximum Gasteiger partial charge on any atom is 0.263 e. The lowest BCUT2D eigenvalue weighted by Crippen LogP contribution is -2.51. The predicted octanol–water partition coefficient (Wildman–Crippen LogP) is 2.09. The molecular formula is C17H22N2O3. The zero-order chi connectivity index (χ0) is 16.3. The number of benzene rings is 1. The van der Waals surface area contributed by atoms with Gasteiger partial charge >= 0.3 is 0 Å². The van der Waals surface area contributed by atoms with Crippen molar-refractivity contribution in [2.24, 2.45) is 0 Å². The fourth-order valence-electron chi connectivity index (χ4n) is 2.90. The van der Waals surface area contributed by atoms with Crippen LogP contribution in [0.5, 0.6) is 5.75 Å². The molecule has 5 heteroatoms. The molecule has 2 rings (SSSR count). The fraction of sp³-hybridized carbons (Fsp3) is 0.529. The summed E-state index contributed by atoms with van der Waals surface area (Å²) in [6.07, 6.45) is 0.969. The summed E-state index contributed by atoms with van der Waals surface area (Å²) in [4.78, 5) is 14.3. The maximum absolute atomic E-state index is 12.6. The van der Waals surface area contributed by atoms with E-state index in [1.54, 1.807) is 49.9 Å². The average molecular weight is 302 g/mol. The van der Waals surface area contributed by atoms with E-state index < -0.39 is 11.7 Å². The van der Waals surface area contributed by atoms with Crippen molar-refractivity contribution in [1.29, 1.82) is 5.26 Å². The molecule has 5 nitrogen and oxygen atoms in total. The lowest BCUT2D eigenvalue weighted by molar-refractivity contribution is -0.143. The largest absolute Gasteiger partial charge is 0.480 e. The van der Waals surface area contributed by atoms with Crippen LogP contribution in [0.4, 0.5) is 0 Å². The molecule has 2 unspecified atom stereocenters. The molecule has 1 aromatic carbocycles. The summed E-state index contributed by atoms with van der Waals surface area (Å²) >= 11 is 0. The summed E-state index contributed by atoms with van der Waals surface area (Å²) in [5.41, 5.74) is -0.529. The van der Waals surface area contributed by atoms with Crippen LogP contribution in [0.3, 0.4) is 0 Å². The van der Waals surface area contributed by atoms with Crippen LogP contribution in [0.15, 0.2) is 24.3 Å². The van der Waals surface area contributed by atoms with Crippen molar-refractivity contribution in [2.45, 2.75) is 51.4 Å². The third-order valence-corrected chi connectivity index (χ3v) is 4.01. The molecule has 118 valence electrons. The molecule has 1 amide bonds. The van der Waals surface area contributed by atoms with E-state index >= 15 is 0 Å². The Morgan fingerprint density at radius 1 is 1.50 bits per heavy atom. The molecule has 0 aromatic heterocycles. The highest BCUT2D eigenvalue weighted by molar-refractivity contribution is 5.81. The van der Waals surface area contributed by atoms with E-state index in [4.69, 9.17) is 10.00 Å². The maximum atomic E-state index is 12.6. The number of carbonyl (C=O) groups is 1. The van der Waals surface area contributed by atoms with Crippen molar-refractivity contribution in [1.82, 2.24) is 4.90 Å². The quantitative estimate of drug-likeness (QED) is 0.924. The van der Waals surface area contributed by atoms with Gasteiger partial charge in [0.25, 0.3) is 5.91 Å². The Morgan fingerprint density at radius 2 is 2.18 bits per heavy atom. The van der Waals surface area contributed by atoms with E-state index in [0.29, 0.717) is 17.9 Å². The molecule has 2 atom stereocenters. The van der Waals surface area contributed by atoms with Gasteiger partial charge in [-0.15, -0.1) is 0 Å². The zero-order valence-electron chi connectivity index (χ0n) is 13.2. The second kappa shape index (κ2) is 6.37. The van der Waals surface area contributed by atoms with Gasteiger partial charge in [-0.3, -0.25) is 4.79 Å². The molecule has 0 bridgehead atoms. The van der Waals surface area contributed by atoms with Gasteiger partial charge in [-0.25, -0.2) is 0 Å². The molecule has 1 aromatic rings. The number of para-hydroxylation sites is 1. The number of nitriles is 1. The van der Waals surface area contributed by atoms with Gasteiger partial charge in [-0.05, 0) is 45.7 Å². The van der Waals surface area contributed by atoms with Crippen LogP contribution in [0.1, 0.15) is 39.2 Å². The standard InChI is InChI=1S/C17H22N2O3/c1-12(22-14-8-5-4-7-13(14)11-18)16(20)19-10-6-9-15(19)17(2,3)21/h4-5,7-8,12,15,21H,6,9-10H2,1-3H3. The van der Waals surface area contributed by atoms with Gasteiger partial charge in [0.15, 0.2) is 6.10 Å². The first-order valence-electron chi connectivity index (χ1n) is 7.53. The number of likely N-dealkylation sites (tertiary alicyclic amines) is 1. The Kier molecular flexibility index (Phi) is 4.72. The number of carbonyl (C=O) groups excluding carboxylic acids is 1. The normalized spacial score (nSPS) is 19.6. The van der Waals surface area contributed by atoms with E-state index in [2.05, 4.69) is 6.07 Å². The Hall–Kier alpha value is -2.06. The van der Waals surface area contributed by atoms with Crippen LogP contribution >= 0.6 is 0 Å². The average Bonchev–Trinajstić information content (AvgIpc) is 2.96. The van der Waals surface area contributed by atoms with E-state index in [1.165, 1.54) is 0 Å². The van der Waals surface area contributed by atoms with Crippen molar-refractivity contribution < 1.29 is 14.6 Å². The number of nitrogens with zero attached hydrogens (tertiary/aromatic N) is 2. The van der Waals surface area contributed by atoms with Crippen molar-refractivity contribution in [2.75, 3.05) is 6.54 Å². The molecule has 0 saturated carbocycles. The van der Waals surface area contributed by atoms with Gasteiger partial charge in [0.05, 0.1) is 17.2 Å². The SMILES string of the molecule is CC(Oc1ccccc1C#N)C(=O)N1CCCC1C(C)(C)O. The number of aliphatic hydroxyl groups is 1. The van der Waals surface area contributed by atoms with Crippen LogP contribution in [0.25, 0.3) is 0 Å². The van der Waals surface area contributed by atoms with Crippen molar-refractivity contribution in [3.63, 3.8) is 0 Å². The monoisotopic (exact) mass is 302 g/mol. The summed E-state index contributed by atoms with van der Waals surface area (Å²) < 4.78 is 5.68. The van der Waals surface area contributed by atoms with Crippen LogP contribution in [0.2, 0.25) is 0 Å². The first-order chi connectivity index (χ1) is 10.3. The van der Waals surface area contributed by atoms with E-state index in [9.17, 15) is 9.90 Å². The number of rotatable bonds is 4.